The number of ether oxygens (including phenoxy) is 1. The number of nitriles is 1. The van der Waals surface area contributed by atoms with E-state index in [-0.39, 0.29) is 17.8 Å². The first-order valence-corrected chi connectivity index (χ1v) is 9.20. The van der Waals surface area contributed by atoms with Gasteiger partial charge in [0.2, 0.25) is 0 Å². The van der Waals surface area contributed by atoms with Gasteiger partial charge in [0.1, 0.15) is 11.8 Å². The molecule has 2 rings (SSSR count). The van der Waals surface area contributed by atoms with E-state index in [9.17, 15) is 9.18 Å². The number of benzene rings is 1. The van der Waals surface area contributed by atoms with E-state index in [4.69, 9.17) is 10.00 Å². The van der Waals surface area contributed by atoms with Gasteiger partial charge in [-0.1, -0.05) is 31.9 Å². The normalized spacial score (nSPS) is 20.8. The molecule has 0 amide bonds. The van der Waals surface area contributed by atoms with E-state index in [0.29, 0.717) is 31.4 Å². The van der Waals surface area contributed by atoms with Crippen LogP contribution in [0.3, 0.4) is 0 Å². The van der Waals surface area contributed by atoms with Crippen LogP contribution in [0.5, 0.6) is 5.75 Å². The lowest BCUT2D eigenvalue weighted by molar-refractivity contribution is -0.140. The van der Waals surface area contributed by atoms with E-state index in [0.717, 1.165) is 6.42 Å². The third-order valence-corrected chi connectivity index (χ3v) is 4.80. The Kier molecular flexibility index (Phi) is 7.66. The first-order valence-electron chi connectivity index (χ1n) is 9.20. The number of hydrogen-bond donors (Lipinski definition) is 0. The standard InChI is InChI=1S/C21H26FNO2/c1-2-3-4-5-16-8-12-20(13-9-16)25-21(24)18-10-6-17(7-11-18)14-19(22)15-23/h8-9,12-14,17-18H,2-7,10-11H2,1H3. The van der Waals surface area contributed by atoms with Gasteiger partial charge >= 0.3 is 5.97 Å². The number of carbonyl (C=O) groups is 1. The second-order valence-electron chi connectivity index (χ2n) is 6.76. The maximum absolute atomic E-state index is 13.0. The Bertz CT molecular complexity index is 622. The van der Waals surface area contributed by atoms with E-state index < -0.39 is 5.83 Å². The zero-order valence-corrected chi connectivity index (χ0v) is 14.8. The van der Waals surface area contributed by atoms with Crippen molar-refractivity contribution >= 4 is 5.97 Å². The van der Waals surface area contributed by atoms with Gasteiger partial charge in [0, 0.05) is 0 Å². The molecule has 0 aromatic heterocycles. The Hall–Kier alpha value is -2.15. The molecule has 4 heteroatoms. The SMILES string of the molecule is CCCCCc1ccc(OC(=O)C2CCC(C=C(F)C#N)CC2)cc1. The molecule has 0 heterocycles. The Labute approximate surface area is 149 Å². The van der Waals surface area contributed by atoms with Gasteiger partial charge in [-0.3, -0.25) is 4.79 Å². The average molecular weight is 343 g/mol. The number of hydrogen-bond acceptors (Lipinski definition) is 3. The number of aryl methyl sites for hydroxylation is 1. The van der Waals surface area contributed by atoms with Gasteiger partial charge in [0.05, 0.1) is 5.92 Å². The van der Waals surface area contributed by atoms with Gasteiger partial charge in [-0.25, -0.2) is 0 Å². The maximum Gasteiger partial charge on any atom is 0.314 e. The van der Waals surface area contributed by atoms with E-state index in [2.05, 4.69) is 6.92 Å². The molecular weight excluding hydrogens is 317 g/mol. The van der Waals surface area contributed by atoms with E-state index >= 15 is 0 Å². The Morgan fingerprint density at radius 3 is 2.52 bits per heavy atom. The summed E-state index contributed by atoms with van der Waals surface area (Å²) in [7, 11) is 0. The van der Waals surface area contributed by atoms with Gasteiger partial charge in [-0.15, -0.1) is 0 Å². The molecule has 1 aliphatic carbocycles. The molecule has 1 saturated carbocycles. The van der Waals surface area contributed by atoms with Crippen LogP contribution in [0.25, 0.3) is 0 Å². The average Bonchev–Trinajstić information content (AvgIpc) is 2.64. The van der Waals surface area contributed by atoms with Crippen LogP contribution in [-0.2, 0) is 11.2 Å². The van der Waals surface area contributed by atoms with Crippen molar-refractivity contribution in [2.75, 3.05) is 0 Å². The van der Waals surface area contributed by atoms with Crippen molar-refractivity contribution in [1.82, 2.24) is 0 Å². The molecule has 1 aromatic carbocycles. The lowest BCUT2D eigenvalue weighted by Gasteiger charge is -2.25. The van der Waals surface area contributed by atoms with Gasteiger partial charge < -0.3 is 4.74 Å². The van der Waals surface area contributed by atoms with Crippen molar-refractivity contribution in [2.45, 2.75) is 58.3 Å². The minimum Gasteiger partial charge on any atom is -0.426 e. The van der Waals surface area contributed by atoms with Gasteiger partial charge in [-0.05, 0) is 68.2 Å². The quantitative estimate of drug-likeness (QED) is 0.284. The molecule has 0 aliphatic heterocycles. The lowest BCUT2D eigenvalue weighted by Crippen LogP contribution is -2.25. The summed E-state index contributed by atoms with van der Waals surface area (Å²) in [6, 6.07) is 9.25. The maximum atomic E-state index is 13.0. The van der Waals surface area contributed by atoms with Crippen molar-refractivity contribution in [1.29, 1.82) is 5.26 Å². The first-order chi connectivity index (χ1) is 12.1. The highest BCUT2D eigenvalue weighted by Crippen LogP contribution is 2.31. The molecule has 1 aromatic rings. The second-order valence-corrected chi connectivity index (χ2v) is 6.76. The second kappa shape index (κ2) is 9.98. The third kappa shape index (κ3) is 6.34. The third-order valence-electron chi connectivity index (χ3n) is 4.80. The van der Waals surface area contributed by atoms with Crippen LogP contribution in [0.2, 0.25) is 0 Å². The van der Waals surface area contributed by atoms with Gasteiger partial charge in [-0.2, -0.15) is 9.65 Å². The van der Waals surface area contributed by atoms with Crippen LogP contribution in [0.4, 0.5) is 4.39 Å². The minimum absolute atomic E-state index is 0.0473. The summed E-state index contributed by atoms with van der Waals surface area (Å²) in [5.74, 6) is -0.445. The smallest absolute Gasteiger partial charge is 0.314 e. The highest BCUT2D eigenvalue weighted by molar-refractivity contribution is 5.75. The van der Waals surface area contributed by atoms with Crippen LogP contribution < -0.4 is 4.74 Å². The van der Waals surface area contributed by atoms with Crippen LogP contribution in [-0.4, -0.2) is 5.97 Å². The number of carbonyl (C=O) groups excluding carboxylic acids is 1. The number of allylic oxidation sites excluding steroid dienone is 2. The lowest BCUT2D eigenvalue weighted by atomic mass is 9.82. The number of rotatable bonds is 7. The molecule has 0 unspecified atom stereocenters. The molecule has 1 fully saturated rings. The molecule has 0 spiro atoms. The molecule has 0 radical (unpaired) electrons. The molecular formula is C21H26FNO2. The summed E-state index contributed by atoms with van der Waals surface area (Å²) < 4.78 is 18.5. The van der Waals surface area contributed by atoms with Crippen molar-refractivity contribution < 1.29 is 13.9 Å². The van der Waals surface area contributed by atoms with Gasteiger partial charge in [0.15, 0.2) is 5.83 Å². The summed E-state index contributed by atoms with van der Waals surface area (Å²) in [5, 5.41) is 8.48. The zero-order valence-electron chi connectivity index (χ0n) is 14.8. The van der Waals surface area contributed by atoms with Crippen molar-refractivity contribution in [2.24, 2.45) is 11.8 Å². The van der Waals surface area contributed by atoms with Crippen molar-refractivity contribution in [3.63, 3.8) is 0 Å². The largest absolute Gasteiger partial charge is 0.426 e. The van der Waals surface area contributed by atoms with Crippen LogP contribution >= 0.6 is 0 Å². The summed E-state index contributed by atoms with van der Waals surface area (Å²) in [5.41, 5.74) is 1.26. The number of unbranched alkanes of at least 4 members (excludes halogenated alkanes) is 2. The Balaban J connectivity index is 1.80. The summed E-state index contributed by atoms with van der Waals surface area (Å²) >= 11 is 0. The van der Waals surface area contributed by atoms with Crippen molar-refractivity contribution in [3.05, 3.63) is 41.7 Å². The molecule has 0 saturated heterocycles. The monoisotopic (exact) mass is 343 g/mol. The first kappa shape index (κ1) is 19.2. The molecule has 1 aliphatic rings. The predicted molar refractivity (Wildman–Crippen MR) is 95.6 cm³/mol. The fourth-order valence-electron chi connectivity index (χ4n) is 3.27. The number of nitrogens with zero attached hydrogens (tertiary/aromatic N) is 1. The number of halogens is 1. The van der Waals surface area contributed by atoms with Crippen LogP contribution in [0.15, 0.2) is 36.2 Å². The molecule has 0 bridgehead atoms. The molecule has 134 valence electrons. The molecule has 3 nitrogen and oxygen atoms in total. The van der Waals surface area contributed by atoms with E-state index in [1.54, 1.807) is 0 Å². The number of esters is 1. The highest BCUT2D eigenvalue weighted by atomic mass is 19.1. The van der Waals surface area contributed by atoms with E-state index in [1.165, 1.54) is 37.0 Å². The van der Waals surface area contributed by atoms with Crippen molar-refractivity contribution in [3.8, 4) is 11.8 Å². The molecule has 25 heavy (non-hydrogen) atoms. The Morgan fingerprint density at radius 1 is 1.24 bits per heavy atom. The fourth-order valence-corrected chi connectivity index (χ4v) is 3.27. The minimum atomic E-state index is -0.731. The molecule has 0 atom stereocenters. The van der Waals surface area contributed by atoms with Crippen LogP contribution in [0.1, 0.15) is 57.4 Å². The summed E-state index contributed by atoms with van der Waals surface area (Å²) in [4.78, 5) is 12.3. The topological polar surface area (TPSA) is 50.1 Å². The Morgan fingerprint density at radius 2 is 1.92 bits per heavy atom. The zero-order chi connectivity index (χ0) is 18.1. The summed E-state index contributed by atoms with van der Waals surface area (Å²) in [6.07, 6.45) is 8.82. The van der Waals surface area contributed by atoms with E-state index in [1.807, 2.05) is 24.3 Å². The summed E-state index contributed by atoms with van der Waals surface area (Å²) in [6.45, 7) is 2.19. The predicted octanol–water partition coefficient (Wildman–Crippen LogP) is 5.51. The molecule has 0 N–H and O–H groups in total. The van der Waals surface area contributed by atoms with Gasteiger partial charge in [0.25, 0.3) is 0 Å². The fraction of sp³-hybridized carbons (Fsp3) is 0.524. The highest BCUT2D eigenvalue weighted by Gasteiger charge is 2.27. The van der Waals surface area contributed by atoms with Crippen LogP contribution in [0, 0.1) is 23.2 Å².